The van der Waals surface area contributed by atoms with Crippen LogP contribution < -0.4 is 5.32 Å². The molecule has 1 saturated heterocycles. The van der Waals surface area contributed by atoms with Crippen LogP contribution in [0.5, 0.6) is 0 Å². The second kappa shape index (κ2) is 7.76. The summed E-state index contributed by atoms with van der Waals surface area (Å²) in [5.74, 6) is -1.12. The lowest BCUT2D eigenvalue weighted by Crippen LogP contribution is -2.44. The molecule has 1 aromatic heterocycles. The number of halogens is 3. The minimum absolute atomic E-state index is 0.0518. The average molecular weight is 434 g/mol. The minimum atomic E-state index is -4.80. The first-order chi connectivity index (χ1) is 13.1. The Morgan fingerprint density at radius 3 is 2.64 bits per heavy atom. The minimum Gasteiger partial charge on any atom is -0.300 e. The third-order valence-electron chi connectivity index (χ3n) is 4.32. The number of aryl methyl sites for hydroxylation is 1. The highest BCUT2D eigenvalue weighted by Gasteiger charge is 2.40. The van der Waals surface area contributed by atoms with Crippen molar-refractivity contribution in [1.29, 1.82) is 0 Å². The molecule has 152 valence electrons. The summed E-state index contributed by atoms with van der Waals surface area (Å²) in [6.07, 6.45) is -4.01. The van der Waals surface area contributed by atoms with Crippen molar-refractivity contribution in [1.82, 2.24) is 14.5 Å². The number of hydrogen-bond donors (Lipinski definition) is 1. The number of alkyl halides is 3. The highest BCUT2D eigenvalue weighted by molar-refractivity contribution is 7.89. The number of benzene rings is 1. The quantitative estimate of drug-likeness (QED) is 0.799. The molecule has 1 fully saturated rings. The van der Waals surface area contributed by atoms with Crippen molar-refractivity contribution in [3.8, 4) is 0 Å². The molecule has 7 nitrogen and oxygen atoms in total. The highest BCUT2D eigenvalue weighted by atomic mass is 32.2. The number of anilines is 1. The molecule has 0 saturated carbocycles. The topological polar surface area (TPSA) is 92.3 Å². The lowest BCUT2D eigenvalue weighted by atomic mass is 9.99. The van der Waals surface area contributed by atoms with E-state index in [4.69, 9.17) is 0 Å². The summed E-state index contributed by atoms with van der Waals surface area (Å²) in [6, 6.07) is 4.05. The number of sulfonamides is 1. The Labute approximate surface area is 163 Å². The normalized spacial score (nSPS) is 18.8. The zero-order chi connectivity index (χ0) is 20.5. The molecule has 3 rings (SSSR count). The smallest absolute Gasteiger partial charge is 0.300 e. The molecule has 2 aromatic rings. The van der Waals surface area contributed by atoms with Gasteiger partial charge in [-0.1, -0.05) is 23.5 Å². The van der Waals surface area contributed by atoms with E-state index in [9.17, 15) is 26.4 Å². The standard InChI is InChI=1S/C16H17F3N4O3S2/c1-10-21-22-15(27-10)20-14(24)11-5-4-8-23(9-11)28(25,26)13-7-3-2-6-12(13)16(17,18)19/h2-3,6-7,11H,4-5,8-9H2,1H3,(H,20,22,24)/t11-/m1/s1. The van der Waals surface area contributed by atoms with Gasteiger partial charge in [0, 0.05) is 13.1 Å². The molecule has 1 aliphatic rings. The zero-order valence-corrected chi connectivity index (χ0v) is 16.4. The molecule has 12 heteroatoms. The van der Waals surface area contributed by atoms with Gasteiger partial charge in [0.2, 0.25) is 21.1 Å². The van der Waals surface area contributed by atoms with Crippen molar-refractivity contribution < 1.29 is 26.4 Å². The van der Waals surface area contributed by atoms with E-state index in [2.05, 4.69) is 15.5 Å². The van der Waals surface area contributed by atoms with Gasteiger partial charge in [-0.3, -0.25) is 4.79 Å². The lowest BCUT2D eigenvalue weighted by molar-refractivity contribution is -0.140. The van der Waals surface area contributed by atoms with E-state index in [1.165, 1.54) is 17.4 Å². The predicted molar refractivity (Wildman–Crippen MR) is 96.2 cm³/mol. The number of nitrogens with zero attached hydrogens (tertiary/aromatic N) is 3. The summed E-state index contributed by atoms with van der Waals surface area (Å²) < 4.78 is 66.4. The van der Waals surface area contributed by atoms with Crippen LogP contribution in [0.2, 0.25) is 0 Å². The van der Waals surface area contributed by atoms with Crippen LogP contribution in [0.4, 0.5) is 18.3 Å². The van der Waals surface area contributed by atoms with Crippen molar-refractivity contribution in [2.24, 2.45) is 5.92 Å². The van der Waals surface area contributed by atoms with Gasteiger partial charge in [-0.2, -0.15) is 17.5 Å². The van der Waals surface area contributed by atoms with Gasteiger partial charge in [-0.15, -0.1) is 10.2 Å². The maximum absolute atomic E-state index is 13.2. The Morgan fingerprint density at radius 1 is 1.29 bits per heavy atom. The molecule has 1 aromatic carbocycles. The van der Waals surface area contributed by atoms with Crippen LogP contribution >= 0.6 is 11.3 Å². The number of carbonyl (C=O) groups excluding carboxylic acids is 1. The van der Waals surface area contributed by atoms with E-state index in [1.54, 1.807) is 6.92 Å². The van der Waals surface area contributed by atoms with E-state index in [0.29, 0.717) is 23.0 Å². The molecular weight excluding hydrogens is 417 g/mol. The summed E-state index contributed by atoms with van der Waals surface area (Å²) in [5, 5.41) is 11.1. The van der Waals surface area contributed by atoms with Crippen molar-refractivity contribution in [3.63, 3.8) is 0 Å². The van der Waals surface area contributed by atoms with Gasteiger partial charge < -0.3 is 5.32 Å². The highest BCUT2D eigenvalue weighted by Crippen LogP contribution is 2.36. The van der Waals surface area contributed by atoms with Crippen molar-refractivity contribution >= 4 is 32.4 Å². The first kappa shape index (κ1) is 20.7. The summed E-state index contributed by atoms with van der Waals surface area (Å²) in [4.78, 5) is 11.6. The number of piperidine rings is 1. The van der Waals surface area contributed by atoms with Gasteiger partial charge in [0.05, 0.1) is 16.4 Å². The second-order valence-electron chi connectivity index (χ2n) is 6.31. The van der Waals surface area contributed by atoms with Gasteiger partial charge in [0.15, 0.2) is 0 Å². The molecule has 1 N–H and O–H groups in total. The van der Waals surface area contributed by atoms with E-state index in [1.807, 2.05) is 0 Å². The van der Waals surface area contributed by atoms with E-state index < -0.39 is 38.5 Å². The monoisotopic (exact) mass is 434 g/mol. The van der Waals surface area contributed by atoms with Crippen LogP contribution in [0.3, 0.4) is 0 Å². The maximum atomic E-state index is 13.2. The van der Waals surface area contributed by atoms with Gasteiger partial charge in [-0.05, 0) is 31.9 Å². The van der Waals surface area contributed by atoms with Crippen LogP contribution in [-0.4, -0.2) is 41.9 Å². The zero-order valence-electron chi connectivity index (χ0n) is 14.7. The SMILES string of the molecule is Cc1nnc(NC(=O)[C@@H]2CCCN(S(=O)(=O)c3ccccc3C(F)(F)F)C2)s1. The molecule has 1 atom stereocenters. The van der Waals surface area contributed by atoms with Crippen LogP contribution in [0.15, 0.2) is 29.2 Å². The van der Waals surface area contributed by atoms with Crippen molar-refractivity contribution in [3.05, 3.63) is 34.8 Å². The fraction of sp³-hybridized carbons (Fsp3) is 0.438. The Morgan fingerprint density at radius 2 is 2.00 bits per heavy atom. The molecule has 0 radical (unpaired) electrons. The molecule has 28 heavy (non-hydrogen) atoms. The number of nitrogens with one attached hydrogen (secondary N) is 1. The van der Waals surface area contributed by atoms with E-state index in [0.717, 1.165) is 22.5 Å². The number of hydrogen-bond acceptors (Lipinski definition) is 6. The fourth-order valence-electron chi connectivity index (χ4n) is 2.99. The lowest BCUT2D eigenvalue weighted by Gasteiger charge is -2.31. The number of carbonyl (C=O) groups is 1. The third-order valence-corrected chi connectivity index (χ3v) is 7.00. The summed E-state index contributed by atoms with van der Waals surface area (Å²) in [7, 11) is -4.40. The molecule has 0 bridgehead atoms. The number of amides is 1. The van der Waals surface area contributed by atoms with Crippen LogP contribution in [-0.2, 0) is 21.0 Å². The van der Waals surface area contributed by atoms with Gasteiger partial charge in [0.25, 0.3) is 0 Å². The first-order valence-corrected chi connectivity index (χ1v) is 10.6. The third kappa shape index (κ3) is 4.33. The second-order valence-corrected chi connectivity index (χ2v) is 9.40. The maximum Gasteiger partial charge on any atom is 0.417 e. The summed E-state index contributed by atoms with van der Waals surface area (Å²) in [5.41, 5.74) is -1.22. The Hall–Kier alpha value is -2.05. The summed E-state index contributed by atoms with van der Waals surface area (Å²) >= 11 is 1.18. The average Bonchev–Trinajstić information content (AvgIpc) is 3.06. The Bertz CT molecular complexity index is 976. The van der Waals surface area contributed by atoms with Crippen LogP contribution in [0, 0.1) is 12.8 Å². The Balaban J connectivity index is 1.81. The number of rotatable bonds is 4. The Kier molecular flexibility index (Phi) is 5.73. The fourth-order valence-corrected chi connectivity index (χ4v) is 5.32. The molecule has 1 amide bonds. The van der Waals surface area contributed by atoms with E-state index >= 15 is 0 Å². The van der Waals surface area contributed by atoms with Crippen molar-refractivity contribution in [2.75, 3.05) is 18.4 Å². The predicted octanol–water partition coefficient (Wildman–Crippen LogP) is 2.90. The molecule has 0 spiro atoms. The summed E-state index contributed by atoms with van der Waals surface area (Å²) in [6.45, 7) is 1.58. The van der Waals surface area contributed by atoms with Crippen molar-refractivity contribution in [2.45, 2.75) is 30.8 Å². The van der Waals surface area contributed by atoms with Gasteiger partial charge in [-0.25, -0.2) is 8.42 Å². The van der Waals surface area contributed by atoms with Crippen LogP contribution in [0.1, 0.15) is 23.4 Å². The molecule has 2 heterocycles. The molecule has 0 aliphatic carbocycles. The van der Waals surface area contributed by atoms with E-state index in [-0.39, 0.29) is 13.1 Å². The largest absolute Gasteiger partial charge is 0.417 e. The van der Waals surface area contributed by atoms with Gasteiger partial charge >= 0.3 is 6.18 Å². The molecule has 0 unspecified atom stereocenters. The molecule has 1 aliphatic heterocycles. The van der Waals surface area contributed by atoms with Gasteiger partial charge in [0.1, 0.15) is 5.01 Å². The molecular formula is C16H17F3N4O3S2. The number of aromatic nitrogens is 2. The first-order valence-electron chi connectivity index (χ1n) is 8.36. The van der Waals surface area contributed by atoms with Crippen LogP contribution in [0.25, 0.3) is 0 Å².